The first kappa shape index (κ1) is 19.5. The van der Waals surface area contributed by atoms with Crippen molar-refractivity contribution in [3.05, 3.63) is 11.8 Å². The van der Waals surface area contributed by atoms with E-state index in [1.165, 1.54) is 7.11 Å². The van der Waals surface area contributed by atoms with Crippen LogP contribution >= 0.6 is 0 Å². The fraction of sp³-hybridized carbons (Fsp3) is 0.867. The van der Waals surface area contributed by atoms with Crippen LogP contribution in [-0.4, -0.2) is 79.2 Å². The number of methoxy groups -OCH3 is 1. The van der Waals surface area contributed by atoms with E-state index in [4.69, 9.17) is 31.4 Å². The van der Waals surface area contributed by atoms with E-state index in [2.05, 4.69) is 5.32 Å². The molecular weight excluding hydrogens is 316 g/mol. The Bertz CT molecular complexity index is 450. The molecule has 1 aliphatic carbocycles. The van der Waals surface area contributed by atoms with E-state index in [9.17, 15) is 10.2 Å². The Kier molecular flexibility index (Phi) is 6.57. The fourth-order valence-electron chi connectivity index (χ4n) is 3.25. The summed E-state index contributed by atoms with van der Waals surface area (Å²) >= 11 is 0. The van der Waals surface area contributed by atoms with E-state index < -0.39 is 48.8 Å². The number of nitrogens with two attached hydrogens (primary N) is 3. The van der Waals surface area contributed by atoms with E-state index in [0.717, 1.165) is 0 Å². The monoisotopic (exact) mass is 346 g/mol. The van der Waals surface area contributed by atoms with Crippen LogP contribution in [0.3, 0.4) is 0 Å². The van der Waals surface area contributed by atoms with E-state index in [-0.39, 0.29) is 6.04 Å². The highest BCUT2D eigenvalue weighted by Crippen LogP contribution is 2.28. The molecule has 0 aromatic carbocycles. The largest absolute Gasteiger partial charge is 0.466 e. The summed E-state index contributed by atoms with van der Waals surface area (Å²) in [7, 11) is 3.12. The molecule has 0 bridgehead atoms. The van der Waals surface area contributed by atoms with Crippen molar-refractivity contribution < 1.29 is 24.4 Å². The van der Waals surface area contributed by atoms with Crippen LogP contribution in [0.4, 0.5) is 0 Å². The van der Waals surface area contributed by atoms with Crippen molar-refractivity contribution in [2.75, 3.05) is 14.2 Å². The lowest BCUT2D eigenvalue weighted by molar-refractivity contribution is -0.231. The topological polar surface area (TPSA) is 158 Å². The predicted octanol–water partition coefficient (Wildman–Crippen LogP) is -2.66. The fourth-order valence-corrected chi connectivity index (χ4v) is 3.25. The first-order valence-electron chi connectivity index (χ1n) is 8.16. The average Bonchev–Trinajstić information content (AvgIpc) is 2.55. The van der Waals surface area contributed by atoms with Gasteiger partial charge < -0.3 is 46.9 Å². The Hall–Kier alpha value is -0.780. The molecular formula is C15H30N4O5. The van der Waals surface area contributed by atoms with Crippen LogP contribution in [0.1, 0.15) is 13.3 Å². The molecule has 140 valence electrons. The van der Waals surface area contributed by atoms with Crippen molar-refractivity contribution in [3.63, 3.8) is 0 Å². The predicted molar refractivity (Wildman–Crippen MR) is 87.7 cm³/mol. The van der Waals surface area contributed by atoms with Gasteiger partial charge in [-0.05, 0) is 26.5 Å². The van der Waals surface area contributed by atoms with Gasteiger partial charge in [-0.3, -0.25) is 0 Å². The van der Waals surface area contributed by atoms with Gasteiger partial charge in [-0.15, -0.1) is 0 Å². The molecule has 0 unspecified atom stereocenters. The highest BCUT2D eigenvalue weighted by molar-refractivity contribution is 5.08. The van der Waals surface area contributed by atoms with Gasteiger partial charge in [0.1, 0.15) is 18.0 Å². The minimum atomic E-state index is -1.01. The molecule has 9 atom stereocenters. The maximum Gasteiger partial charge on any atom is 0.215 e. The first-order chi connectivity index (χ1) is 11.3. The SMILES string of the molecule is CN[C@@H]1[C@H](O)[C@@H](O[C@H]2OC([C@H](C)N)=CC[C@@H]2N)[C@H](N)[C@H](O)[C@@H]1OC. The van der Waals surface area contributed by atoms with Crippen molar-refractivity contribution in [1.29, 1.82) is 0 Å². The molecule has 24 heavy (non-hydrogen) atoms. The Morgan fingerprint density at radius 1 is 1.29 bits per heavy atom. The second-order valence-corrected chi connectivity index (χ2v) is 6.45. The molecule has 0 amide bonds. The van der Waals surface area contributed by atoms with Gasteiger partial charge >= 0.3 is 0 Å². The van der Waals surface area contributed by atoms with Crippen molar-refractivity contribution in [2.45, 2.75) is 68.2 Å². The summed E-state index contributed by atoms with van der Waals surface area (Å²) in [5, 5.41) is 23.9. The summed E-state index contributed by atoms with van der Waals surface area (Å²) in [5.74, 6) is 0.584. The summed E-state index contributed by atoms with van der Waals surface area (Å²) in [6.45, 7) is 1.80. The summed E-state index contributed by atoms with van der Waals surface area (Å²) in [6.07, 6.45) is -1.96. The number of nitrogens with one attached hydrogen (secondary N) is 1. The molecule has 1 saturated carbocycles. The third-order valence-electron chi connectivity index (χ3n) is 4.71. The van der Waals surface area contributed by atoms with Gasteiger partial charge in [-0.2, -0.15) is 0 Å². The Balaban J connectivity index is 2.14. The zero-order valence-corrected chi connectivity index (χ0v) is 14.3. The van der Waals surface area contributed by atoms with E-state index in [1.807, 2.05) is 6.08 Å². The first-order valence-corrected chi connectivity index (χ1v) is 8.16. The second-order valence-electron chi connectivity index (χ2n) is 6.45. The summed E-state index contributed by atoms with van der Waals surface area (Å²) < 4.78 is 16.8. The normalized spacial score (nSPS) is 44.6. The van der Waals surface area contributed by atoms with Crippen LogP contribution in [0.2, 0.25) is 0 Å². The van der Waals surface area contributed by atoms with Crippen LogP contribution in [0.5, 0.6) is 0 Å². The highest BCUT2D eigenvalue weighted by atomic mass is 16.7. The molecule has 2 aliphatic rings. The van der Waals surface area contributed by atoms with Gasteiger partial charge in [0.15, 0.2) is 0 Å². The van der Waals surface area contributed by atoms with Crippen molar-refractivity contribution >= 4 is 0 Å². The second kappa shape index (κ2) is 8.07. The molecule has 9 nitrogen and oxygen atoms in total. The molecule has 1 aliphatic heterocycles. The molecule has 0 aromatic heterocycles. The number of aliphatic hydroxyl groups is 2. The average molecular weight is 346 g/mol. The van der Waals surface area contributed by atoms with Gasteiger partial charge in [-0.25, -0.2) is 0 Å². The quantitative estimate of drug-likeness (QED) is 0.312. The summed E-state index contributed by atoms with van der Waals surface area (Å²) in [6, 6.07) is -2.10. The summed E-state index contributed by atoms with van der Waals surface area (Å²) in [5.41, 5.74) is 18.0. The number of ether oxygens (including phenoxy) is 3. The lowest BCUT2D eigenvalue weighted by Crippen LogP contribution is -2.71. The van der Waals surface area contributed by atoms with Crippen LogP contribution in [0.25, 0.3) is 0 Å². The molecule has 1 fully saturated rings. The zero-order chi connectivity index (χ0) is 18.0. The van der Waals surface area contributed by atoms with Gasteiger partial charge in [0.2, 0.25) is 6.29 Å². The van der Waals surface area contributed by atoms with E-state index >= 15 is 0 Å². The maximum absolute atomic E-state index is 10.6. The van der Waals surface area contributed by atoms with Crippen molar-refractivity contribution in [3.8, 4) is 0 Å². The number of hydrogen-bond acceptors (Lipinski definition) is 9. The van der Waals surface area contributed by atoms with Crippen LogP contribution in [0, 0.1) is 0 Å². The molecule has 1 heterocycles. The minimum absolute atomic E-state index is 0.290. The number of rotatable bonds is 5. The maximum atomic E-state index is 10.6. The molecule has 0 aromatic rings. The molecule has 9 heteroatoms. The third kappa shape index (κ3) is 3.73. The Morgan fingerprint density at radius 2 is 1.96 bits per heavy atom. The van der Waals surface area contributed by atoms with Gasteiger partial charge in [0.05, 0.1) is 36.4 Å². The molecule has 0 spiro atoms. The lowest BCUT2D eigenvalue weighted by atomic mass is 9.81. The summed E-state index contributed by atoms with van der Waals surface area (Å²) in [4.78, 5) is 0. The van der Waals surface area contributed by atoms with Crippen LogP contribution < -0.4 is 22.5 Å². The van der Waals surface area contributed by atoms with Gasteiger partial charge in [0, 0.05) is 7.11 Å². The Morgan fingerprint density at radius 3 is 2.50 bits per heavy atom. The highest BCUT2D eigenvalue weighted by Gasteiger charge is 2.50. The Labute approximate surface area is 142 Å². The van der Waals surface area contributed by atoms with Gasteiger partial charge in [-0.1, -0.05) is 0 Å². The number of likely N-dealkylation sites (N-methyl/N-ethyl adjacent to an activating group) is 1. The molecule has 0 radical (unpaired) electrons. The lowest BCUT2D eigenvalue weighted by Gasteiger charge is -2.47. The van der Waals surface area contributed by atoms with Crippen LogP contribution in [0.15, 0.2) is 11.8 Å². The number of aliphatic hydroxyl groups excluding tert-OH is 2. The molecule has 0 saturated heterocycles. The minimum Gasteiger partial charge on any atom is -0.466 e. The smallest absolute Gasteiger partial charge is 0.215 e. The zero-order valence-electron chi connectivity index (χ0n) is 14.3. The van der Waals surface area contributed by atoms with E-state index in [0.29, 0.717) is 12.2 Å². The molecule has 9 N–H and O–H groups in total. The van der Waals surface area contributed by atoms with E-state index in [1.54, 1.807) is 14.0 Å². The van der Waals surface area contributed by atoms with Crippen LogP contribution in [-0.2, 0) is 14.2 Å². The number of hydrogen-bond donors (Lipinski definition) is 6. The standard InChI is InChI=1S/C15H30N4O5/c1-6(16)8-5-4-7(17)15(23-8)24-13-9(18)11(20)14(22-3)10(19-2)12(13)21/h5-7,9-15,19-21H,4,16-18H2,1-3H3/t6-,7-,9+,10+,11-,12-,13-,14+,15+/m0/s1. The molecule has 2 rings (SSSR count). The van der Waals surface area contributed by atoms with Crippen molar-refractivity contribution in [1.82, 2.24) is 5.32 Å². The van der Waals surface area contributed by atoms with Gasteiger partial charge in [0.25, 0.3) is 0 Å². The van der Waals surface area contributed by atoms with Crippen molar-refractivity contribution in [2.24, 2.45) is 17.2 Å². The third-order valence-corrected chi connectivity index (χ3v) is 4.71.